The van der Waals surface area contributed by atoms with E-state index in [1.54, 1.807) is 6.92 Å². The third kappa shape index (κ3) is 7.40. The van der Waals surface area contributed by atoms with Crippen LogP contribution in [-0.4, -0.2) is 22.8 Å². The molecule has 0 spiro atoms. The van der Waals surface area contributed by atoms with Crippen LogP contribution in [-0.2, 0) is 15.5 Å². The highest BCUT2D eigenvalue weighted by Crippen LogP contribution is 2.25. The molecule has 0 aliphatic rings. The van der Waals surface area contributed by atoms with E-state index in [-0.39, 0.29) is 40.9 Å². The van der Waals surface area contributed by atoms with Gasteiger partial charge in [-0.1, -0.05) is 6.58 Å². The molecular formula is C22H22F3N5O2S. The van der Waals surface area contributed by atoms with Crippen LogP contribution in [0.25, 0.3) is 0 Å². The molecule has 2 aromatic carbocycles. The minimum Gasteiger partial charge on any atom is -0.493 e. The molecule has 0 aromatic heterocycles. The van der Waals surface area contributed by atoms with Crippen LogP contribution in [0.15, 0.2) is 70.2 Å². The second kappa shape index (κ2) is 11.2. The average Bonchev–Trinajstić information content (AvgIpc) is 2.71. The summed E-state index contributed by atoms with van der Waals surface area (Å²) in [5, 5.41) is 11.4. The van der Waals surface area contributed by atoms with Gasteiger partial charge in [-0.25, -0.2) is 22.4 Å². The lowest BCUT2D eigenvalue weighted by atomic mass is 10.1. The topological polar surface area (TPSA) is 113 Å². The zero-order chi connectivity index (χ0) is 24.6. The molecule has 1 atom stereocenters. The molecule has 0 heterocycles. The van der Waals surface area contributed by atoms with E-state index in [4.69, 9.17) is 15.7 Å². The number of allylic oxidation sites excluding steroid dienone is 1. The number of aliphatic imine (C=N–C) groups is 1. The number of nitrogens with two attached hydrogens (primary N) is 1. The van der Waals surface area contributed by atoms with Gasteiger partial charge in [-0.3, -0.25) is 0 Å². The Morgan fingerprint density at radius 3 is 2.67 bits per heavy atom. The largest absolute Gasteiger partial charge is 0.493 e. The predicted octanol–water partition coefficient (Wildman–Crippen LogP) is 4.58. The van der Waals surface area contributed by atoms with Crippen molar-refractivity contribution in [3.05, 3.63) is 83.6 Å². The van der Waals surface area contributed by atoms with Gasteiger partial charge in [0.2, 0.25) is 6.19 Å². The van der Waals surface area contributed by atoms with E-state index >= 15 is 0 Å². The number of ether oxygens (including phenoxy) is 1. The Hall–Kier alpha value is -3.78. The molecule has 0 aliphatic heterocycles. The van der Waals surface area contributed by atoms with Crippen LogP contribution >= 0.6 is 0 Å². The standard InChI is InChI=1S/C22H22F3N5O2S/c1-4-32-21-10-16(23)5-6-19(21)22(20(25)11-26)30-14(2)29-18-8-15(7-17(24)9-18)12-33(3,31)28-13-27/h5-11,29H,2,4,12,26H2,1,3H3/b20-11+,30-22-. The number of rotatable bonds is 9. The molecule has 0 radical (unpaired) electrons. The summed E-state index contributed by atoms with van der Waals surface area (Å²) in [6, 6.07) is 7.23. The third-order valence-electron chi connectivity index (χ3n) is 4.03. The maximum atomic E-state index is 14.5. The summed E-state index contributed by atoms with van der Waals surface area (Å²) in [4.78, 5) is 4.09. The summed E-state index contributed by atoms with van der Waals surface area (Å²) >= 11 is 0. The van der Waals surface area contributed by atoms with Crippen molar-refractivity contribution in [1.29, 1.82) is 5.26 Å². The van der Waals surface area contributed by atoms with Gasteiger partial charge in [0.05, 0.1) is 22.1 Å². The summed E-state index contributed by atoms with van der Waals surface area (Å²) < 4.78 is 63.3. The van der Waals surface area contributed by atoms with Crippen molar-refractivity contribution in [3.63, 3.8) is 0 Å². The third-order valence-corrected chi connectivity index (χ3v) is 5.37. The molecular weight excluding hydrogens is 455 g/mol. The summed E-state index contributed by atoms with van der Waals surface area (Å²) in [6.07, 6.45) is 3.45. The van der Waals surface area contributed by atoms with Gasteiger partial charge in [0, 0.05) is 29.8 Å². The minimum atomic E-state index is -2.88. The number of nitrogens with one attached hydrogen (secondary N) is 1. The quantitative estimate of drug-likeness (QED) is 0.405. The summed E-state index contributed by atoms with van der Waals surface area (Å²) in [6.45, 7) is 5.58. The molecule has 3 N–H and O–H groups in total. The van der Waals surface area contributed by atoms with Gasteiger partial charge in [-0.15, -0.1) is 4.36 Å². The molecule has 174 valence electrons. The Kier molecular flexibility index (Phi) is 8.64. The second-order valence-electron chi connectivity index (χ2n) is 6.76. The first-order valence-corrected chi connectivity index (χ1v) is 11.6. The zero-order valence-corrected chi connectivity index (χ0v) is 18.8. The van der Waals surface area contributed by atoms with E-state index in [0.717, 1.165) is 24.3 Å². The predicted molar refractivity (Wildman–Crippen MR) is 122 cm³/mol. The van der Waals surface area contributed by atoms with Crippen molar-refractivity contribution in [2.24, 2.45) is 15.1 Å². The fourth-order valence-electron chi connectivity index (χ4n) is 2.85. The Labute approximate surface area is 190 Å². The number of nitriles is 1. The van der Waals surface area contributed by atoms with E-state index in [2.05, 4.69) is 21.3 Å². The van der Waals surface area contributed by atoms with Crippen LogP contribution in [0.1, 0.15) is 18.1 Å². The Morgan fingerprint density at radius 2 is 2.03 bits per heavy atom. The highest BCUT2D eigenvalue weighted by atomic mass is 32.2. The second-order valence-corrected chi connectivity index (χ2v) is 9.15. The number of anilines is 1. The van der Waals surface area contributed by atoms with Crippen LogP contribution in [0.5, 0.6) is 5.75 Å². The number of hydrogen-bond donors (Lipinski definition) is 2. The monoisotopic (exact) mass is 477 g/mol. The number of hydrogen-bond acceptors (Lipinski definition) is 7. The molecule has 0 fully saturated rings. The van der Waals surface area contributed by atoms with Gasteiger partial charge in [-0.05, 0) is 42.8 Å². The van der Waals surface area contributed by atoms with Crippen molar-refractivity contribution in [2.45, 2.75) is 12.7 Å². The Balaban J connectivity index is 2.42. The van der Waals surface area contributed by atoms with Gasteiger partial charge < -0.3 is 15.8 Å². The van der Waals surface area contributed by atoms with Gasteiger partial charge in [-0.2, -0.15) is 5.26 Å². The molecule has 0 amide bonds. The number of benzene rings is 2. The van der Waals surface area contributed by atoms with Crippen LogP contribution in [0.4, 0.5) is 18.9 Å². The van der Waals surface area contributed by atoms with Gasteiger partial charge in [0.25, 0.3) is 0 Å². The molecule has 0 saturated heterocycles. The first-order chi connectivity index (χ1) is 15.6. The summed E-state index contributed by atoms with van der Waals surface area (Å²) in [5.74, 6) is -2.36. The van der Waals surface area contributed by atoms with Crippen LogP contribution < -0.4 is 15.8 Å². The highest BCUT2D eigenvalue weighted by molar-refractivity contribution is 7.92. The van der Waals surface area contributed by atoms with Crippen LogP contribution in [0.3, 0.4) is 0 Å². The lowest BCUT2D eigenvalue weighted by molar-refractivity contribution is 0.337. The van der Waals surface area contributed by atoms with Crippen molar-refractivity contribution in [1.82, 2.24) is 0 Å². The lowest BCUT2D eigenvalue weighted by Crippen LogP contribution is -2.10. The normalized spacial score (nSPS) is 13.6. The Morgan fingerprint density at radius 1 is 1.30 bits per heavy atom. The fraction of sp³-hybridized carbons (Fsp3) is 0.182. The highest BCUT2D eigenvalue weighted by Gasteiger charge is 2.17. The van der Waals surface area contributed by atoms with Crippen molar-refractivity contribution >= 4 is 21.1 Å². The smallest absolute Gasteiger partial charge is 0.214 e. The van der Waals surface area contributed by atoms with Gasteiger partial charge >= 0.3 is 0 Å². The zero-order valence-electron chi connectivity index (χ0n) is 17.9. The maximum absolute atomic E-state index is 14.5. The van der Waals surface area contributed by atoms with Crippen LogP contribution in [0.2, 0.25) is 0 Å². The first-order valence-electron chi connectivity index (χ1n) is 9.51. The molecule has 11 heteroatoms. The molecule has 0 saturated carbocycles. The van der Waals surface area contributed by atoms with Crippen molar-refractivity contribution in [3.8, 4) is 11.9 Å². The number of halogens is 3. The molecule has 33 heavy (non-hydrogen) atoms. The first kappa shape index (κ1) is 25.5. The van der Waals surface area contributed by atoms with Crippen molar-refractivity contribution < 1.29 is 22.1 Å². The molecule has 2 rings (SSSR count). The summed E-state index contributed by atoms with van der Waals surface area (Å²) in [7, 11) is -2.88. The van der Waals surface area contributed by atoms with E-state index in [1.807, 2.05) is 0 Å². The number of nitrogens with zero attached hydrogens (tertiary/aromatic N) is 3. The van der Waals surface area contributed by atoms with Gasteiger partial charge in [0.15, 0.2) is 5.83 Å². The fourth-order valence-corrected chi connectivity index (χ4v) is 3.87. The SMILES string of the molecule is C=C(/N=C(\C(F)=C/N)c1ccc(F)cc1OCC)Nc1cc(F)cc(CS(C)(=O)=NC#N)c1. The molecule has 1 unspecified atom stereocenters. The van der Waals surface area contributed by atoms with E-state index in [9.17, 15) is 17.4 Å². The van der Waals surface area contributed by atoms with Crippen LogP contribution in [0, 0.1) is 23.1 Å². The molecule has 7 nitrogen and oxygen atoms in total. The van der Waals surface area contributed by atoms with E-state index in [0.29, 0.717) is 11.8 Å². The lowest BCUT2D eigenvalue weighted by Gasteiger charge is -2.13. The summed E-state index contributed by atoms with van der Waals surface area (Å²) in [5.41, 5.74) is 5.67. The van der Waals surface area contributed by atoms with Crippen molar-refractivity contribution in [2.75, 3.05) is 18.2 Å². The van der Waals surface area contributed by atoms with Gasteiger partial charge in [0.1, 0.15) is 28.9 Å². The maximum Gasteiger partial charge on any atom is 0.214 e. The minimum absolute atomic E-state index is 0.0491. The van der Waals surface area contributed by atoms with E-state index < -0.39 is 27.2 Å². The average molecular weight is 478 g/mol. The molecule has 0 aliphatic carbocycles. The van der Waals surface area contributed by atoms with E-state index in [1.165, 1.54) is 24.6 Å². The molecule has 0 bridgehead atoms. The molecule has 2 aromatic rings. The Bertz CT molecular complexity index is 1280.